The van der Waals surface area contributed by atoms with Gasteiger partial charge in [0.15, 0.2) is 0 Å². The molecule has 130 valence electrons. The molecule has 0 radical (unpaired) electrons. The lowest BCUT2D eigenvalue weighted by atomic mass is 9.95. The Hall–Kier alpha value is -2.16. The van der Waals surface area contributed by atoms with E-state index in [4.69, 9.17) is 16.2 Å². The van der Waals surface area contributed by atoms with Gasteiger partial charge in [0.2, 0.25) is 17.4 Å². The Balaban J connectivity index is 3.00. The fourth-order valence-corrected chi connectivity index (χ4v) is 2.57. The molecule has 0 aromatic heterocycles. The fourth-order valence-electron chi connectivity index (χ4n) is 2.57. The number of primary amides is 1. The molecule has 1 fully saturated rings. The van der Waals surface area contributed by atoms with E-state index < -0.39 is 41.8 Å². The van der Waals surface area contributed by atoms with Gasteiger partial charge in [-0.2, -0.15) is 0 Å². The molecule has 23 heavy (non-hydrogen) atoms. The predicted molar refractivity (Wildman–Crippen MR) is 79.0 cm³/mol. The first-order valence-corrected chi connectivity index (χ1v) is 7.53. The number of likely N-dealkylation sites (tertiary alicyclic amines) is 1. The maximum atomic E-state index is 12.4. The molecule has 0 bridgehead atoms. The van der Waals surface area contributed by atoms with Crippen LogP contribution in [-0.4, -0.2) is 58.5 Å². The van der Waals surface area contributed by atoms with Crippen LogP contribution in [-0.2, 0) is 23.9 Å². The Labute approximate surface area is 133 Å². The molecule has 0 saturated carbocycles. The summed E-state index contributed by atoms with van der Waals surface area (Å²) in [6, 6.07) is -1.28. The normalized spacial score (nSPS) is 21.7. The number of ether oxygens (including phenoxy) is 1. The van der Waals surface area contributed by atoms with E-state index in [9.17, 15) is 24.3 Å². The SMILES string of the molecule is CCCCOC(=O)C1(C(=O)O)CCCN1C(=O)C(N)CC(N)=O. The van der Waals surface area contributed by atoms with Gasteiger partial charge in [0, 0.05) is 6.54 Å². The summed E-state index contributed by atoms with van der Waals surface area (Å²) in [6.07, 6.45) is 1.22. The highest BCUT2D eigenvalue weighted by atomic mass is 16.5. The number of carbonyl (C=O) groups is 4. The number of nitrogens with two attached hydrogens (primary N) is 2. The van der Waals surface area contributed by atoms with Crippen molar-refractivity contribution >= 4 is 23.8 Å². The Morgan fingerprint density at radius 3 is 2.52 bits per heavy atom. The van der Waals surface area contributed by atoms with Crippen molar-refractivity contribution in [3.05, 3.63) is 0 Å². The van der Waals surface area contributed by atoms with E-state index in [2.05, 4.69) is 0 Å². The number of carbonyl (C=O) groups excluding carboxylic acids is 3. The van der Waals surface area contributed by atoms with Gasteiger partial charge in [-0.05, 0) is 19.3 Å². The minimum absolute atomic E-state index is 0.0533. The van der Waals surface area contributed by atoms with E-state index in [0.29, 0.717) is 12.8 Å². The number of nitrogens with zero attached hydrogens (tertiary/aromatic N) is 1. The van der Waals surface area contributed by atoms with E-state index in [1.807, 2.05) is 6.92 Å². The summed E-state index contributed by atoms with van der Waals surface area (Å²) in [7, 11) is 0. The smallest absolute Gasteiger partial charge is 0.343 e. The van der Waals surface area contributed by atoms with Crippen molar-refractivity contribution in [1.29, 1.82) is 0 Å². The van der Waals surface area contributed by atoms with Crippen LogP contribution in [0.3, 0.4) is 0 Å². The van der Waals surface area contributed by atoms with Crippen molar-refractivity contribution in [3.8, 4) is 0 Å². The number of hydrogen-bond donors (Lipinski definition) is 3. The monoisotopic (exact) mass is 329 g/mol. The minimum atomic E-state index is -2.08. The molecule has 0 spiro atoms. The number of unbranched alkanes of at least 4 members (excludes halogenated alkanes) is 1. The van der Waals surface area contributed by atoms with Gasteiger partial charge in [-0.1, -0.05) is 13.3 Å². The van der Waals surface area contributed by atoms with Crippen molar-refractivity contribution in [3.63, 3.8) is 0 Å². The fraction of sp³-hybridized carbons (Fsp3) is 0.714. The van der Waals surface area contributed by atoms with Crippen molar-refractivity contribution in [2.75, 3.05) is 13.2 Å². The third-order valence-electron chi connectivity index (χ3n) is 3.81. The van der Waals surface area contributed by atoms with Crippen LogP contribution >= 0.6 is 0 Å². The molecular weight excluding hydrogens is 306 g/mol. The van der Waals surface area contributed by atoms with Gasteiger partial charge < -0.3 is 26.2 Å². The first-order valence-electron chi connectivity index (χ1n) is 7.53. The first kappa shape index (κ1) is 18.9. The summed E-state index contributed by atoms with van der Waals surface area (Å²) >= 11 is 0. The molecule has 2 amide bonds. The second kappa shape index (κ2) is 7.91. The molecule has 9 nitrogen and oxygen atoms in total. The molecular formula is C14H23N3O6. The lowest BCUT2D eigenvalue weighted by Gasteiger charge is -2.33. The van der Waals surface area contributed by atoms with Gasteiger partial charge in [-0.25, -0.2) is 9.59 Å². The topological polar surface area (TPSA) is 153 Å². The van der Waals surface area contributed by atoms with Crippen LogP contribution in [0.2, 0.25) is 0 Å². The average molecular weight is 329 g/mol. The van der Waals surface area contributed by atoms with Gasteiger partial charge in [-0.3, -0.25) is 9.59 Å². The number of carboxylic acid groups (broad SMARTS) is 1. The summed E-state index contributed by atoms with van der Waals surface area (Å²) in [6.45, 7) is 2.04. The standard InChI is InChI=1S/C14H23N3O6/c1-2-3-7-23-13(22)14(12(20)21)5-4-6-17(14)11(19)9(15)8-10(16)18/h9H,2-8,15H2,1H3,(H2,16,18)(H,20,21). The van der Waals surface area contributed by atoms with Crippen LogP contribution in [0.1, 0.15) is 39.0 Å². The summed E-state index contributed by atoms with van der Waals surface area (Å²) in [5.41, 5.74) is 8.52. The summed E-state index contributed by atoms with van der Waals surface area (Å²) in [4.78, 5) is 48.2. The third-order valence-corrected chi connectivity index (χ3v) is 3.81. The number of amides is 2. The molecule has 1 rings (SSSR count). The maximum absolute atomic E-state index is 12.4. The van der Waals surface area contributed by atoms with Gasteiger partial charge in [0.25, 0.3) is 0 Å². The zero-order valence-electron chi connectivity index (χ0n) is 13.1. The molecule has 0 aromatic carbocycles. The highest BCUT2D eigenvalue weighted by Crippen LogP contribution is 2.32. The van der Waals surface area contributed by atoms with Gasteiger partial charge >= 0.3 is 11.9 Å². The highest BCUT2D eigenvalue weighted by molar-refractivity contribution is 6.08. The van der Waals surface area contributed by atoms with Crippen LogP contribution in [0.25, 0.3) is 0 Å². The quantitative estimate of drug-likeness (QED) is 0.292. The molecule has 1 saturated heterocycles. The lowest BCUT2D eigenvalue weighted by Crippen LogP contribution is -2.62. The van der Waals surface area contributed by atoms with Crippen LogP contribution in [0.5, 0.6) is 0 Å². The maximum Gasteiger partial charge on any atom is 0.343 e. The number of rotatable bonds is 8. The molecule has 9 heteroatoms. The highest BCUT2D eigenvalue weighted by Gasteiger charge is 2.58. The average Bonchev–Trinajstić information content (AvgIpc) is 2.91. The van der Waals surface area contributed by atoms with Crippen LogP contribution < -0.4 is 11.5 Å². The molecule has 0 aliphatic carbocycles. The van der Waals surface area contributed by atoms with Gasteiger partial charge in [0.05, 0.1) is 19.1 Å². The Kier molecular flexibility index (Phi) is 6.49. The molecule has 2 atom stereocenters. The zero-order valence-corrected chi connectivity index (χ0v) is 13.1. The van der Waals surface area contributed by atoms with Crippen LogP contribution in [0.4, 0.5) is 0 Å². The zero-order chi connectivity index (χ0) is 17.6. The van der Waals surface area contributed by atoms with Crippen molar-refractivity contribution in [1.82, 2.24) is 4.90 Å². The van der Waals surface area contributed by atoms with Crippen molar-refractivity contribution in [2.45, 2.75) is 50.6 Å². The lowest BCUT2D eigenvalue weighted by molar-refractivity contribution is -0.174. The van der Waals surface area contributed by atoms with E-state index in [-0.39, 0.29) is 19.6 Å². The second-order valence-corrected chi connectivity index (χ2v) is 5.53. The molecule has 0 aromatic rings. The predicted octanol–water partition coefficient (Wildman–Crippen LogP) is -1.02. The third kappa shape index (κ3) is 3.98. The largest absolute Gasteiger partial charge is 0.479 e. The molecule has 1 heterocycles. The van der Waals surface area contributed by atoms with Crippen LogP contribution in [0, 0.1) is 0 Å². The summed E-state index contributed by atoms with van der Waals surface area (Å²) < 4.78 is 5.03. The molecule has 1 aliphatic heterocycles. The number of carboxylic acids is 1. The van der Waals surface area contributed by atoms with Crippen LogP contribution in [0.15, 0.2) is 0 Å². The van der Waals surface area contributed by atoms with E-state index >= 15 is 0 Å². The first-order chi connectivity index (χ1) is 10.8. The number of esters is 1. The number of hydrogen-bond acceptors (Lipinski definition) is 6. The van der Waals surface area contributed by atoms with E-state index in [0.717, 1.165) is 11.3 Å². The van der Waals surface area contributed by atoms with Gasteiger partial charge in [0.1, 0.15) is 0 Å². The minimum Gasteiger partial charge on any atom is -0.479 e. The van der Waals surface area contributed by atoms with E-state index in [1.54, 1.807) is 0 Å². The number of aliphatic carboxylic acids is 1. The van der Waals surface area contributed by atoms with Crippen molar-refractivity contribution in [2.24, 2.45) is 11.5 Å². The second-order valence-electron chi connectivity index (χ2n) is 5.53. The molecule has 1 aliphatic rings. The summed E-state index contributed by atoms with van der Waals surface area (Å²) in [5.74, 6) is -4.01. The Morgan fingerprint density at radius 2 is 2.00 bits per heavy atom. The van der Waals surface area contributed by atoms with E-state index in [1.165, 1.54) is 0 Å². The Morgan fingerprint density at radius 1 is 1.35 bits per heavy atom. The molecule has 5 N–H and O–H groups in total. The van der Waals surface area contributed by atoms with Gasteiger partial charge in [-0.15, -0.1) is 0 Å². The summed E-state index contributed by atoms with van der Waals surface area (Å²) in [5, 5.41) is 9.55. The Bertz CT molecular complexity index is 495. The van der Waals surface area contributed by atoms with Crippen molar-refractivity contribution < 1.29 is 29.0 Å². The molecule has 2 unspecified atom stereocenters.